The zero-order valence-electron chi connectivity index (χ0n) is 20.9. The molecule has 4 rings (SSSR count). The first kappa shape index (κ1) is 28.5. The zero-order valence-corrected chi connectivity index (χ0v) is 23.2. The molecule has 3 N–H and O–H groups in total. The minimum Gasteiger partial charge on any atom is -0.493 e. The molecule has 0 atom stereocenters. The average molecular weight is 593 g/mol. The SMILES string of the molecule is COc1cc(CC(=O)O)ccc1Oc1ccc(NC(=O)C2CCCC2)cc1NS(=O)(=O)c1ccc(Cl)cc1Cl. The molecule has 0 spiro atoms. The van der Waals surface area contributed by atoms with Gasteiger partial charge < -0.3 is 19.9 Å². The van der Waals surface area contributed by atoms with Crippen LogP contribution in [0.25, 0.3) is 0 Å². The van der Waals surface area contributed by atoms with Gasteiger partial charge in [-0.15, -0.1) is 0 Å². The highest BCUT2D eigenvalue weighted by molar-refractivity contribution is 7.92. The number of halogens is 2. The third-order valence-electron chi connectivity index (χ3n) is 6.20. The van der Waals surface area contributed by atoms with Crippen LogP contribution >= 0.6 is 23.2 Å². The minimum atomic E-state index is -4.20. The average Bonchev–Trinajstić information content (AvgIpc) is 3.41. The van der Waals surface area contributed by atoms with Crippen molar-refractivity contribution in [3.8, 4) is 17.2 Å². The van der Waals surface area contributed by atoms with Crippen molar-refractivity contribution in [2.45, 2.75) is 37.0 Å². The lowest BCUT2D eigenvalue weighted by Crippen LogP contribution is -2.20. The molecule has 1 fully saturated rings. The van der Waals surface area contributed by atoms with E-state index in [0.717, 1.165) is 25.7 Å². The number of rotatable bonds is 10. The van der Waals surface area contributed by atoms with E-state index in [1.54, 1.807) is 12.1 Å². The predicted octanol–water partition coefficient (Wildman–Crippen LogP) is 6.35. The van der Waals surface area contributed by atoms with Gasteiger partial charge in [-0.25, -0.2) is 8.42 Å². The molecule has 0 radical (unpaired) electrons. The van der Waals surface area contributed by atoms with Gasteiger partial charge in [0.25, 0.3) is 10.0 Å². The van der Waals surface area contributed by atoms with Crippen LogP contribution in [0.4, 0.5) is 11.4 Å². The second-order valence-corrected chi connectivity index (χ2v) is 11.5. The molecule has 1 aliphatic rings. The molecule has 12 heteroatoms. The smallest absolute Gasteiger partial charge is 0.307 e. The van der Waals surface area contributed by atoms with Gasteiger partial charge in [0.1, 0.15) is 4.90 Å². The quantitative estimate of drug-likeness (QED) is 0.250. The van der Waals surface area contributed by atoms with Gasteiger partial charge in [-0.3, -0.25) is 14.3 Å². The number of hydrogen-bond acceptors (Lipinski definition) is 6. The fraction of sp³-hybridized carbons (Fsp3) is 0.259. The van der Waals surface area contributed by atoms with Gasteiger partial charge in [0.05, 0.1) is 24.2 Å². The van der Waals surface area contributed by atoms with Gasteiger partial charge in [-0.1, -0.05) is 42.1 Å². The van der Waals surface area contributed by atoms with Gasteiger partial charge in [-0.05, 0) is 66.9 Å². The molecule has 0 aliphatic heterocycles. The summed E-state index contributed by atoms with van der Waals surface area (Å²) >= 11 is 12.1. The summed E-state index contributed by atoms with van der Waals surface area (Å²) in [6.45, 7) is 0. The van der Waals surface area contributed by atoms with Gasteiger partial charge in [0, 0.05) is 16.6 Å². The molecule has 206 valence electrons. The molecular formula is C27H26Cl2N2O7S. The van der Waals surface area contributed by atoms with Gasteiger partial charge in [-0.2, -0.15) is 0 Å². The number of methoxy groups -OCH3 is 1. The summed E-state index contributed by atoms with van der Waals surface area (Å²) in [4.78, 5) is 23.6. The molecule has 3 aromatic rings. The van der Waals surface area contributed by atoms with Crippen molar-refractivity contribution in [1.82, 2.24) is 0 Å². The minimum absolute atomic E-state index is 0.0295. The summed E-state index contributed by atoms with van der Waals surface area (Å²) in [7, 11) is -2.80. The van der Waals surface area contributed by atoms with Crippen molar-refractivity contribution in [2.24, 2.45) is 5.92 Å². The number of nitrogens with one attached hydrogen (secondary N) is 2. The highest BCUT2D eigenvalue weighted by Crippen LogP contribution is 2.39. The summed E-state index contributed by atoms with van der Waals surface area (Å²) in [6, 6.07) is 13.2. The van der Waals surface area contributed by atoms with Crippen LogP contribution in [-0.4, -0.2) is 32.5 Å². The molecule has 39 heavy (non-hydrogen) atoms. The third-order valence-corrected chi connectivity index (χ3v) is 8.29. The van der Waals surface area contributed by atoms with E-state index in [4.69, 9.17) is 37.8 Å². The van der Waals surface area contributed by atoms with Crippen LogP contribution in [0.15, 0.2) is 59.5 Å². The second-order valence-electron chi connectivity index (χ2n) is 9.02. The lowest BCUT2D eigenvalue weighted by molar-refractivity contribution is -0.136. The number of hydrogen-bond donors (Lipinski definition) is 3. The Morgan fingerprint density at radius 3 is 2.36 bits per heavy atom. The number of benzene rings is 3. The molecule has 3 aromatic carbocycles. The monoisotopic (exact) mass is 592 g/mol. The van der Waals surface area contributed by atoms with E-state index >= 15 is 0 Å². The Balaban J connectivity index is 1.69. The lowest BCUT2D eigenvalue weighted by Gasteiger charge is -2.18. The standard InChI is InChI=1S/C27H26Cl2N2O7S/c1-37-24-12-16(13-26(32)33)6-9-23(24)38-22-10-8-19(30-27(34)17-4-2-3-5-17)15-21(22)31-39(35,36)25-11-7-18(28)14-20(25)29/h6-12,14-15,17,31H,2-5,13H2,1H3,(H,30,34)(H,32,33). The number of sulfonamides is 1. The first-order valence-corrected chi connectivity index (χ1v) is 14.3. The molecule has 0 saturated heterocycles. The molecule has 1 aliphatic carbocycles. The number of ether oxygens (including phenoxy) is 2. The van der Waals surface area contributed by atoms with E-state index in [0.29, 0.717) is 11.3 Å². The maximum Gasteiger partial charge on any atom is 0.307 e. The Morgan fingerprint density at radius 1 is 0.974 bits per heavy atom. The fourth-order valence-corrected chi connectivity index (χ4v) is 6.14. The number of carboxylic acid groups (broad SMARTS) is 1. The largest absolute Gasteiger partial charge is 0.493 e. The van der Waals surface area contributed by atoms with E-state index in [1.165, 1.54) is 49.6 Å². The van der Waals surface area contributed by atoms with Crippen LogP contribution in [0.1, 0.15) is 31.2 Å². The fourth-order valence-electron chi connectivity index (χ4n) is 4.30. The van der Waals surface area contributed by atoms with Crippen LogP contribution in [0.5, 0.6) is 17.2 Å². The Labute approximate surface area is 236 Å². The Hall–Kier alpha value is -3.47. The first-order chi connectivity index (χ1) is 18.6. The Kier molecular flexibility index (Phi) is 8.89. The van der Waals surface area contributed by atoms with Crippen molar-refractivity contribution in [3.05, 3.63) is 70.2 Å². The maximum absolute atomic E-state index is 13.3. The summed E-state index contributed by atoms with van der Waals surface area (Å²) in [5.74, 6) is -0.652. The van der Waals surface area contributed by atoms with Gasteiger partial charge in [0.15, 0.2) is 17.2 Å². The summed E-state index contributed by atoms with van der Waals surface area (Å²) in [5.41, 5.74) is 0.903. The van der Waals surface area contributed by atoms with Crippen molar-refractivity contribution in [2.75, 3.05) is 17.1 Å². The molecule has 1 saturated carbocycles. The highest BCUT2D eigenvalue weighted by Gasteiger charge is 2.24. The number of amides is 1. The number of carbonyl (C=O) groups is 2. The van der Waals surface area contributed by atoms with Crippen molar-refractivity contribution in [3.63, 3.8) is 0 Å². The van der Waals surface area contributed by atoms with Gasteiger partial charge >= 0.3 is 5.97 Å². The van der Waals surface area contributed by atoms with Crippen LogP contribution in [0.2, 0.25) is 10.0 Å². The molecule has 0 bridgehead atoms. The number of aliphatic carboxylic acids is 1. The summed E-state index contributed by atoms with van der Waals surface area (Å²) in [6.07, 6.45) is 3.38. The van der Waals surface area contributed by atoms with Crippen molar-refractivity contribution >= 4 is 56.5 Å². The summed E-state index contributed by atoms with van der Waals surface area (Å²) < 4.78 is 40.5. The molecule has 9 nitrogen and oxygen atoms in total. The maximum atomic E-state index is 13.3. The van der Waals surface area contributed by atoms with E-state index < -0.39 is 16.0 Å². The van der Waals surface area contributed by atoms with Crippen LogP contribution < -0.4 is 19.5 Å². The van der Waals surface area contributed by atoms with Crippen molar-refractivity contribution < 1.29 is 32.6 Å². The first-order valence-electron chi connectivity index (χ1n) is 12.0. The van der Waals surface area contributed by atoms with E-state index in [2.05, 4.69) is 10.0 Å². The highest BCUT2D eigenvalue weighted by atomic mass is 35.5. The molecule has 0 unspecified atom stereocenters. The lowest BCUT2D eigenvalue weighted by atomic mass is 10.1. The third kappa shape index (κ3) is 7.14. The molecule has 0 aromatic heterocycles. The molecule has 1 amide bonds. The number of carbonyl (C=O) groups excluding carboxylic acids is 1. The Bertz CT molecular complexity index is 1510. The summed E-state index contributed by atoms with van der Waals surface area (Å²) in [5, 5.41) is 12.1. The van der Waals surface area contributed by atoms with E-state index in [-0.39, 0.29) is 56.1 Å². The molecular weight excluding hydrogens is 567 g/mol. The second kappa shape index (κ2) is 12.1. The van der Waals surface area contributed by atoms with Crippen LogP contribution in [-0.2, 0) is 26.0 Å². The zero-order chi connectivity index (χ0) is 28.2. The van der Waals surface area contributed by atoms with Crippen molar-refractivity contribution in [1.29, 1.82) is 0 Å². The van der Waals surface area contributed by atoms with Crippen LogP contribution in [0.3, 0.4) is 0 Å². The predicted molar refractivity (Wildman–Crippen MR) is 149 cm³/mol. The number of anilines is 2. The number of carboxylic acids is 1. The van der Waals surface area contributed by atoms with E-state index in [1.807, 2.05) is 0 Å². The van der Waals surface area contributed by atoms with E-state index in [9.17, 15) is 18.0 Å². The normalized spacial score (nSPS) is 13.6. The molecule has 0 heterocycles. The topological polar surface area (TPSA) is 131 Å². The Morgan fingerprint density at radius 2 is 1.69 bits per heavy atom. The van der Waals surface area contributed by atoms with Crippen LogP contribution in [0, 0.1) is 5.92 Å². The van der Waals surface area contributed by atoms with Gasteiger partial charge in [0.2, 0.25) is 5.91 Å².